The van der Waals surface area contributed by atoms with E-state index in [1.165, 1.54) is 24.0 Å². The van der Waals surface area contributed by atoms with Crippen LogP contribution in [0.15, 0.2) is 91.0 Å². The van der Waals surface area contributed by atoms with Gasteiger partial charge in [0.2, 0.25) is 5.91 Å². The van der Waals surface area contributed by atoms with E-state index in [-0.39, 0.29) is 18.0 Å². The number of anilines is 2. The lowest BCUT2D eigenvalue weighted by molar-refractivity contribution is -0.139. The van der Waals surface area contributed by atoms with Crippen LogP contribution in [0.3, 0.4) is 0 Å². The molecule has 1 N–H and O–H groups in total. The second-order valence-corrected chi connectivity index (χ2v) is 11.4. The number of fused-ring (bicyclic) bond motifs is 1. The molecular weight excluding hydrogens is 598 g/mol. The third-order valence-corrected chi connectivity index (χ3v) is 8.15. The topological polar surface area (TPSA) is 114 Å². The van der Waals surface area contributed by atoms with Crippen LogP contribution >= 0.6 is 0 Å². The fraction of sp³-hybridized carbons (Fsp3) is 0.243. The lowest BCUT2D eigenvalue weighted by Gasteiger charge is -2.33. The van der Waals surface area contributed by atoms with Gasteiger partial charge in [-0.2, -0.15) is 0 Å². The Bertz CT molecular complexity index is 1780. The molecule has 4 aromatic rings. The van der Waals surface area contributed by atoms with Crippen molar-refractivity contribution < 1.29 is 33.4 Å². The van der Waals surface area contributed by atoms with Crippen LogP contribution < -0.4 is 24.4 Å². The molecular formula is C37H37N3O7. The number of rotatable bonds is 12. The third-order valence-electron chi connectivity index (χ3n) is 8.15. The summed E-state index contributed by atoms with van der Waals surface area (Å²) in [5, 5.41) is 2.95. The van der Waals surface area contributed by atoms with E-state index in [1.807, 2.05) is 36.4 Å². The van der Waals surface area contributed by atoms with Gasteiger partial charge in [-0.1, -0.05) is 62.4 Å². The standard InChI is InChI=1S/C37H37N3O7/c1-23(2)25-12-14-26(15-13-25)34(36(43)38-30-19-18-28(46-4)20-32(30)47-5)40(21-24-10-16-27(45-3)17-11-24)33(41)22-39-31-9-7-6-8-29(31)35(42)37(39)44/h6-20,23,34H,21-22H2,1-5H3,(H,38,43). The maximum atomic E-state index is 14.4. The highest BCUT2D eigenvalue weighted by Crippen LogP contribution is 2.34. The van der Waals surface area contributed by atoms with Gasteiger partial charge in [-0.05, 0) is 59.0 Å². The van der Waals surface area contributed by atoms with Crippen LogP contribution in [-0.2, 0) is 20.9 Å². The number of nitrogens with zero attached hydrogens (tertiary/aromatic N) is 2. The molecule has 1 atom stereocenters. The zero-order valence-electron chi connectivity index (χ0n) is 27.0. The number of carbonyl (C=O) groups excluding carboxylic acids is 4. The van der Waals surface area contributed by atoms with Crippen molar-refractivity contribution in [2.24, 2.45) is 0 Å². The molecule has 0 aliphatic carbocycles. The number of hydrogen-bond acceptors (Lipinski definition) is 7. The first-order valence-electron chi connectivity index (χ1n) is 15.2. The van der Waals surface area contributed by atoms with Gasteiger partial charge in [0.15, 0.2) is 0 Å². The first kappa shape index (κ1) is 32.7. The largest absolute Gasteiger partial charge is 0.497 e. The summed E-state index contributed by atoms with van der Waals surface area (Å²) < 4.78 is 16.1. The molecule has 10 heteroatoms. The average molecular weight is 636 g/mol. The van der Waals surface area contributed by atoms with Crippen LogP contribution in [0.4, 0.5) is 11.4 Å². The van der Waals surface area contributed by atoms with Gasteiger partial charge >= 0.3 is 0 Å². The lowest BCUT2D eigenvalue weighted by Crippen LogP contribution is -2.46. The van der Waals surface area contributed by atoms with Crippen molar-refractivity contribution in [1.29, 1.82) is 0 Å². The normalized spacial score (nSPS) is 12.9. The number of ether oxygens (including phenoxy) is 3. The zero-order valence-corrected chi connectivity index (χ0v) is 27.0. The van der Waals surface area contributed by atoms with Crippen molar-refractivity contribution in [1.82, 2.24) is 4.90 Å². The highest BCUT2D eigenvalue weighted by atomic mass is 16.5. The van der Waals surface area contributed by atoms with Crippen LogP contribution in [0.1, 0.15) is 52.9 Å². The van der Waals surface area contributed by atoms with E-state index in [0.717, 1.165) is 11.1 Å². The van der Waals surface area contributed by atoms with Crippen molar-refractivity contribution >= 4 is 34.9 Å². The molecule has 0 spiro atoms. The summed E-state index contributed by atoms with van der Waals surface area (Å²) in [7, 11) is 4.58. The van der Waals surface area contributed by atoms with Crippen LogP contribution in [0.25, 0.3) is 0 Å². The molecule has 0 saturated carbocycles. The van der Waals surface area contributed by atoms with Crippen molar-refractivity contribution in [3.05, 3.63) is 113 Å². The quantitative estimate of drug-likeness (QED) is 0.197. The van der Waals surface area contributed by atoms with Crippen LogP contribution in [0, 0.1) is 0 Å². The van der Waals surface area contributed by atoms with E-state index in [4.69, 9.17) is 14.2 Å². The second-order valence-electron chi connectivity index (χ2n) is 11.4. The average Bonchev–Trinajstić information content (AvgIpc) is 3.33. The highest BCUT2D eigenvalue weighted by Gasteiger charge is 2.39. The number of Topliss-reactive ketones (excluding diaryl/α,β-unsaturated/α-hetero) is 1. The Morgan fingerprint density at radius 2 is 1.43 bits per heavy atom. The molecule has 0 aromatic heterocycles. The first-order chi connectivity index (χ1) is 22.6. The summed E-state index contributed by atoms with van der Waals surface area (Å²) in [4.78, 5) is 57.2. The molecule has 0 bridgehead atoms. The Hall–Kier alpha value is -5.64. The fourth-order valence-corrected chi connectivity index (χ4v) is 5.52. The molecule has 10 nitrogen and oxygen atoms in total. The van der Waals surface area contributed by atoms with Crippen LogP contribution in [0.5, 0.6) is 17.2 Å². The van der Waals surface area contributed by atoms with E-state index in [9.17, 15) is 19.2 Å². The van der Waals surface area contributed by atoms with Gasteiger partial charge < -0.3 is 24.4 Å². The highest BCUT2D eigenvalue weighted by molar-refractivity contribution is 6.52. The van der Waals surface area contributed by atoms with Crippen molar-refractivity contribution in [2.45, 2.75) is 32.4 Å². The number of benzene rings is 4. The Kier molecular flexibility index (Phi) is 9.89. The molecule has 1 aliphatic rings. The van der Waals surface area contributed by atoms with Gasteiger partial charge in [0.1, 0.15) is 29.8 Å². The predicted molar refractivity (Wildman–Crippen MR) is 178 cm³/mol. The molecule has 47 heavy (non-hydrogen) atoms. The van der Waals surface area contributed by atoms with Crippen molar-refractivity contribution in [3.63, 3.8) is 0 Å². The number of nitrogens with one attached hydrogen (secondary N) is 1. The molecule has 242 valence electrons. The zero-order chi connectivity index (χ0) is 33.7. The summed E-state index contributed by atoms with van der Waals surface area (Å²) >= 11 is 0. The molecule has 1 aliphatic heterocycles. The SMILES string of the molecule is COc1ccc(CN(C(=O)CN2C(=O)C(=O)c3ccccc32)C(C(=O)Nc2ccc(OC)cc2OC)c2ccc(C(C)C)cc2)cc1. The molecule has 0 fully saturated rings. The van der Waals surface area contributed by atoms with Gasteiger partial charge in [-0.15, -0.1) is 0 Å². The number of amides is 3. The van der Waals surface area contributed by atoms with Crippen molar-refractivity contribution in [3.8, 4) is 17.2 Å². The maximum absolute atomic E-state index is 14.4. The smallest absolute Gasteiger partial charge is 0.299 e. The monoisotopic (exact) mass is 635 g/mol. The lowest BCUT2D eigenvalue weighted by atomic mass is 9.97. The van der Waals surface area contributed by atoms with Gasteiger partial charge in [0.25, 0.3) is 17.6 Å². The minimum Gasteiger partial charge on any atom is -0.497 e. The fourth-order valence-electron chi connectivity index (χ4n) is 5.52. The predicted octanol–water partition coefficient (Wildman–Crippen LogP) is 5.77. The Morgan fingerprint density at radius 1 is 0.787 bits per heavy atom. The van der Waals surface area contributed by atoms with Gasteiger partial charge in [-0.25, -0.2) is 0 Å². The Morgan fingerprint density at radius 3 is 2.06 bits per heavy atom. The molecule has 1 unspecified atom stereocenters. The minimum atomic E-state index is -1.14. The molecule has 3 amide bonds. The summed E-state index contributed by atoms with van der Waals surface area (Å²) in [6, 6.07) is 25.1. The summed E-state index contributed by atoms with van der Waals surface area (Å²) in [6.45, 7) is 3.71. The van der Waals surface area contributed by atoms with E-state index in [1.54, 1.807) is 61.7 Å². The number of carbonyl (C=O) groups is 4. The van der Waals surface area contributed by atoms with Gasteiger partial charge in [0, 0.05) is 12.6 Å². The van der Waals surface area contributed by atoms with E-state index in [2.05, 4.69) is 19.2 Å². The number of methoxy groups -OCH3 is 3. The summed E-state index contributed by atoms with van der Waals surface area (Å²) in [5.74, 6) is -0.718. The first-order valence-corrected chi connectivity index (χ1v) is 15.2. The molecule has 5 rings (SSSR count). The van der Waals surface area contributed by atoms with Crippen LogP contribution in [-0.4, -0.2) is 56.3 Å². The minimum absolute atomic E-state index is 0.0181. The van der Waals surface area contributed by atoms with E-state index in [0.29, 0.717) is 34.2 Å². The third kappa shape index (κ3) is 6.96. The number of para-hydroxylation sites is 1. The van der Waals surface area contributed by atoms with Gasteiger partial charge in [0.05, 0.1) is 38.3 Å². The number of ketones is 1. The summed E-state index contributed by atoms with van der Waals surface area (Å²) in [6.07, 6.45) is 0. The molecule has 4 aromatic carbocycles. The Labute approximate surface area is 273 Å². The molecule has 0 saturated heterocycles. The second kappa shape index (κ2) is 14.2. The van der Waals surface area contributed by atoms with Crippen LogP contribution in [0.2, 0.25) is 0 Å². The van der Waals surface area contributed by atoms with E-state index < -0.39 is 36.1 Å². The van der Waals surface area contributed by atoms with Crippen molar-refractivity contribution in [2.75, 3.05) is 38.1 Å². The molecule has 1 heterocycles. The summed E-state index contributed by atoms with van der Waals surface area (Å²) in [5.41, 5.74) is 3.32. The Balaban J connectivity index is 1.58. The van der Waals surface area contributed by atoms with E-state index >= 15 is 0 Å². The molecule has 0 radical (unpaired) electrons. The maximum Gasteiger partial charge on any atom is 0.299 e. The number of hydrogen-bond donors (Lipinski definition) is 1. The van der Waals surface area contributed by atoms with Gasteiger partial charge in [-0.3, -0.25) is 24.1 Å².